The van der Waals surface area contributed by atoms with Gasteiger partial charge in [-0.2, -0.15) is 5.10 Å². The molecule has 29 heavy (non-hydrogen) atoms. The highest BCUT2D eigenvalue weighted by Gasteiger charge is 2.13. The first-order valence-electron chi connectivity index (χ1n) is 8.92. The van der Waals surface area contributed by atoms with Crippen LogP contribution in [0.5, 0.6) is 11.5 Å². The van der Waals surface area contributed by atoms with Gasteiger partial charge in [-0.3, -0.25) is 4.79 Å². The largest absolute Gasteiger partial charge is 0.493 e. The standard InChI is InChI=1S/C21H23N5O3/c1-12(25-26-13(2)22)14-5-7-16(8-6-14)23-21(27)18-9-15-10-19(28-3)20(29-4)11-17(15)24-18/h5-11,24H,1-4H3,(H2,22,26)(H,23,27)/b25-12+. The number of aromatic nitrogens is 1. The Balaban J connectivity index is 1.78. The lowest BCUT2D eigenvalue weighted by molar-refractivity contribution is 0.102. The summed E-state index contributed by atoms with van der Waals surface area (Å²) in [5, 5.41) is 11.6. The summed E-state index contributed by atoms with van der Waals surface area (Å²) in [6, 6.07) is 12.7. The molecule has 0 unspecified atom stereocenters. The molecular weight excluding hydrogens is 370 g/mol. The number of nitrogens with two attached hydrogens (primary N) is 1. The van der Waals surface area contributed by atoms with Crippen molar-refractivity contribution in [2.24, 2.45) is 15.9 Å². The fourth-order valence-electron chi connectivity index (χ4n) is 2.79. The lowest BCUT2D eigenvalue weighted by Crippen LogP contribution is -2.12. The number of anilines is 1. The number of nitrogens with zero attached hydrogens (tertiary/aromatic N) is 2. The first-order valence-corrected chi connectivity index (χ1v) is 8.92. The topological polar surface area (TPSA) is 114 Å². The fraction of sp³-hybridized carbons (Fsp3) is 0.190. The second-order valence-corrected chi connectivity index (χ2v) is 6.44. The van der Waals surface area contributed by atoms with E-state index in [0.717, 1.165) is 22.2 Å². The third-order valence-corrected chi connectivity index (χ3v) is 4.29. The van der Waals surface area contributed by atoms with Crippen LogP contribution in [0.25, 0.3) is 10.9 Å². The van der Waals surface area contributed by atoms with Crippen LogP contribution < -0.4 is 20.5 Å². The van der Waals surface area contributed by atoms with Crippen molar-refractivity contribution in [2.75, 3.05) is 19.5 Å². The van der Waals surface area contributed by atoms with Gasteiger partial charge in [0.2, 0.25) is 0 Å². The summed E-state index contributed by atoms with van der Waals surface area (Å²) >= 11 is 0. The Hall–Kier alpha value is -3.81. The van der Waals surface area contributed by atoms with Gasteiger partial charge >= 0.3 is 0 Å². The Labute approximate surface area is 168 Å². The average molecular weight is 393 g/mol. The number of nitrogens with one attached hydrogen (secondary N) is 2. The third kappa shape index (κ3) is 4.55. The average Bonchev–Trinajstić information content (AvgIpc) is 3.14. The van der Waals surface area contributed by atoms with Crippen molar-refractivity contribution >= 4 is 34.0 Å². The summed E-state index contributed by atoms with van der Waals surface area (Å²) in [6.45, 7) is 3.51. The fourth-order valence-corrected chi connectivity index (χ4v) is 2.79. The first kappa shape index (κ1) is 19.9. The molecule has 0 bridgehead atoms. The zero-order valence-electron chi connectivity index (χ0n) is 16.7. The van der Waals surface area contributed by atoms with E-state index in [0.29, 0.717) is 28.7 Å². The molecule has 150 valence electrons. The number of aromatic amines is 1. The number of methoxy groups -OCH3 is 2. The molecule has 1 aromatic heterocycles. The molecule has 0 atom stereocenters. The lowest BCUT2D eigenvalue weighted by atomic mass is 10.1. The normalized spacial score (nSPS) is 12.1. The number of carbonyl (C=O) groups is 1. The van der Waals surface area contributed by atoms with Gasteiger partial charge in [-0.1, -0.05) is 12.1 Å². The van der Waals surface area contributed by atoms with Crippen LogP contribution in [0.1, 0.15) is 29.9 Å². The van der Waals surface area contributed by atoms with Crippen molar-refractivity contribution < 1.29 is 14.3 Å². The number of carbonyl (C=O) groups excluding carboxylic acids is 1. The van der Waals surface area contributed by atoms with Gasteiger partial charge in [-0.15, -0.1) is 5.10 Å². The SMILES string of the molecule is COc1cc2cc(C(=O)Nc3ccc(/C(C)=N/N=C(C)N)cc3)[nH]c2cc1OC. The number of hydrogen-bond acceptors (Lipinski definition) is 5. The van der Waals surface area contributed by atoms with E-state index in [2.05, 4.69) is 20.5 Å². The molecule has 3 rings (SSSR count). The highest BCUT2D eigenvalue weighted by molar-refractivity contribution is 6.06. The summed E-state index contributed by atoms with van der Waals surface area (Å²) < 4.78 is 10.6. The molecule has 0 aliphatic rings. The second kappa shape index (κ2) is 8.47. The van der Waals surface area contributed by atoms with Crippen LogP contribution in [0.3, 0.4) is 0 Å². The number of amidine groups is 1. The minimum Gasteiger partial charge on any atom is -0.493 e. The minimum absolute atomic E-state index is 0.249. The Kier molecular flexibility index (Phi) is 5.82. The molecule has 0 saturated heterocycles. The molecule has 8 heteroatoms. The van der Waals surface area contributed by atoms with Gasteiger partial charge < -0.3 is 25.5 Å². The van der Waals surface area contributed by atoms with Crippen LogP contribution in [-0.2, 0) is 0 Å². The zero-order valence-corrected chi connectivity index (χ0v) is 16.7. The molecule has 0 aliphatic carbocycles. The van der Waals surface area contributed by atoms with E-state index < -0.39 is 0 Å². The predicted molar refractivity (Wildman–Crippen MR) is 115 cm³/mol. The van der Waals surface area contributed by atoms with Crippen LogP contribution in [0, 0.1) is 0 Å². The molecule has 0 spiro atoms. The molecule has 0 saturated carbocycles. The van der Waals surface area contributed by atoms with Gasteiger partial charge in [-0.25, -0.2) is 0 Å². The van der Waals surface area contributed by atoms with Crippen molar-refractivity contribution in [3.63, 3.8) is 0 Å². The molecule has 8 nitrogen and oxygen atoms in total. The van der Waals surface area contributed by atoms with Crippen molar-refractivity contribution in [1.82, 2.24) is 4.98 Å². The smallest absolute Gasteiger partial charge is 0.272 e. The molecular formula is C21H23N5O3. The highest BCUT2D eigenvalue weighted by Crippen LogP contribution is 2.32. The number of hydrogen-bond donors (Lipinski definition) is 3. The molecule has 0 radical (unpaired) electrons. The van der Waals surface area contributed by atoms with Crippen molar-refractivity contribution in [3.05, 3.63) is 53.7 Å². The summed E-state index contributed by atoms with van der Waals surface area (Å²) in [6.07, 6.45) is 0. The molecule has 1 heterocycles. The Bertz CT molecular complexity index is 1050. The van der Waals surface area contributed by atoms with Crippen LogP contribution in [0.15, 0.2) is 52.7 Å². The summed E-state index contributed by atoms with van der Waals surface area (Å²) in [5.41, 5.74) is 8.99. The van der Waals surface area contributed by atoms with E-state index in [1.165, 1.54) is 0 Å². The number of rotatable bonds is 6. The number of benzene rings is 2. The molecule has 1 amide bonds. The number of ether oxygens (including phenoxy) is 2. The van der Waals surface area contributed by atoms with Gasteiger partial charge in [0.05, 0.1) is 19.9 Å². The maximum Gasteiger partial charge on any atom is 0.272 e. The predicted octanol–water partition coefficient (Wildman–Crippen LogP) is 3.54. The quantitative estimate of drug-likeness (QED) is 0.338. The summed E-state index contributed by atoms with van der Waals surface area (Å²) in [5.74, 6) is 1.34. The van der Waals surface area contributed by atoms with Crippen molar-refractivity contribution in [3.8, 4) is 11.5 Å². The van der Waals surface area contributed by atoms with Gasteiger partial charge in [0.25, 0.3) is 5.91 Å². The zero-order chi connectivity index (χ0) is 21.0. The maximum absolute atomic E-state index is 12.6. The number of H-pyrrole nitrogens is 1. The van der Waals surface area contributed by atoms with Gasteiger partial charge in [0.1, 0.15) is 11.5 Å². The van der Waals surface area contributed by atoms with E-state index in [1.807, 2.05) is 25.1 Å². The van der Waals surface area contributed by atoms with E-state index in [-0.39, 0.29) is 5.91 Å². The number of fused-ring (bicyclic) bond motifs is 1. The highest BCUT2D eigenvalue weighted by atomic mass is 16.5. The monoisotopic (exact) mass is 393 g/mol. The van der Waals surface area contributed by atoms with E-state index >= 15 is 0 Å². The van der Waals surface area contributed by atoms with Crippen molar-refractivity contribution in [2.45, 2.75) is 13.8 Å². The Morgan fingerprint density at radius 2 is 1.66 bits per heavy atom. The van der Waals surface area contributed by atoms with Gasteiger partial charge in [0.15, 0.2) is 11.5 Å². The minimum atomic E-state index is -0.249. The van der Waals surface area contributed by atoms with Crippen LogP contribution in [0.4, 0.5) is 5.69 Å². The lowest BCUT2D eigenvalue weighted by Gasteiger charge is -2.06. The third-order valence-electron chi connectivity index (χ3n) is 4.29. The van der Waals surface area contributed by atoms with E-state index in [9.17, 15) is 4.79 Å². The van der Waals surface area contributed by atoms with Gasteiger partial charge in [0, 0.05) is 22.7 Å². The van der Waals surface area contributed by atoms with E-state index in [1.54, 1.807) is 45.4 Å². The van der Waals surface area contributed by atoms with Crippen LogP contribution in [-0.4, -0.2) is 36.7 Å². The Morgan fingerprint density at radius 3 is 2.28 bits per heavy atom. The summed E-state index contributed by atoms with van der Waals surface area (Å²) in [7, 11) is 3.14. The first-order chi connectivity index (χ1) is 13.9. The summed E-state index contributed by atoms with van der Waals surface area (Å²) in [4.78, 5) is 15.7. The maximum atomic E-state index is 12.6. The second-order valence-electron chi connectivity index (χ2n) is 6.44. The van der Waals surface area contributed by atoms with Crippen molar-refractivity contribution in [1.29, 1.82) is 0 Å². The molecule has 0 aliphatic heterocycles. The molecule has 0 fully saturated rings. The van der Waals surface area contributed by atoms with E-state index in [4.69, 9.17) is 15.2 Å². The van der Waals surface area contributed by atoms with Crippen LogP contribution in [0.2, 0.25) is 0 Å². The Morgan fingerprint density at radius 1 is 1.00 bits per heavy atom. The number of amides is 1. The van der Waals surface area contributed by atoms with Crippen LogP contribution >= 0.6 is 0 Å². The van der Waals surface area contributed by atoms with Gasteiger partial charge in [-0.05, 0) is 43.7 Å². The molecule has 3 aromatic rings. The molecule has 4 N–H and O–H groups in total. The molecule has 2 aromatic carbocycles.